The molecule has 7 rings (SSSR count). The minimum Gasteiger partial charge on any atom is -0.497 e. The summed E-state index contributed by atoms with van der Waals surface area (Å²) in [6.07, 6.45) is -2.27. The number of carboxylic acid groups (broad SMARTS) is 1. The van der Waals surface area contributed by atoms with Gasteiger partial charge in [-0.25, -0.2) is 4.79 Å². The average Bonchev–Trinajstić information content (AvgIpc) is 3.88. The number of hydrogen-bond donors (Lipinski definition) is 2. The molecule has 2 amide bonds. The van der Waals surface area contributed by atoms with E-state index >= 15 is 0 Å². The van der Waals surface area contributed by atoms with E-state index in [-0.39, 0.29) is 58.3 Å². The topological polar surface area (TPSA) is 159 Å². The van der Waals surface area contributed by atoms with Crippen molar-refractivity contribution in [2.75, 3.05) is 53.7 Å². The van der Waals surface area contributed by atoms with Crippen molar-refractivity contribution in [2.24, 2.45) is 0 Å². The van der Waals surface area contributed by atoms with Gasteiger partial charge in [-0.1, -0.05) is 103 Å². The molecule has 1 fully saturated rings. The number of ether oxygens (including phenoxy) is 6. The number of likely N-dealkylation sites (tertiary alicyclic amines) is 1. The largest absolute Gasteiger partial charge is 0.497 e. The van der Waals surface area contributed by atoms with Crippen LogP contribution in [0.5, 0.6) is 11.5 Å². The number of methoxy groups -OCH3 is 2. The van der Waals surface area contributed by atoms with E-state index in [2.05, 4.69) is 5.32 Å². The van der Waals surface area contributed by atoms with Crippen LogP contribution in [-0.4, -0.2) is 99.8 Å². The lowest BCUT2D eigenvalue weighted by Crippen LogP contribution is -2.47. The predicted octanol–water partition coefficient (Wildman–Crippen LogP) is 6.95. The molecule has 2 aliphatic rings. The van der Waals surface area contributed by atoms with Crippen molar-refractivity contribution >= 4 is 23.9 Å². The van der Waals surface area contributed by atoms with Crippen molar-refractivity contribution in [2.45, 2.75) is 42.9 Å². The van der Waals surface area contributed by atoms with Crippen LogP contribution in [0.3, 0.4) is 0 Å². The van der Waals surface area contributed by atoms with Crippen molar-refractivity contribution in [3.63, 3.8) is 0 Å². The fourth-order valence-electron chi connectivity index (χ4n) is 8.26. The number of benzene rings is 5. The van der Waals surface area contributed by atoms with Gasteiger partial charge in [0.2, 0.25) is 5.91 Å². The number of carbonyl (C=O) groups is 4. The lowest BCUT2D eigenvalue weighted by atomic mass is 9.80. The third-order valence-electron chi connectivity index (χ3n) is 11.2. The molecule has 1 heterocycles. The molecule has 2 N–H and O–H groups in total. The third-order valence-corrected chi connectivity index (χ3v) is 11.2. The normalized spacial score (nSPS) is 15.6. The van der Waals surface area contributed by atoms with Crippen LogP contribution in [-0.2, 0) is 38.9 Å². The Balaban J connectivity index is 0.981. The zero-order chi connectivity index (χ0) is 43.5. The highest BCUT2D eigenvalue weighted by atomic mass is 16.6. The number of amides is 2. The van der Waals surface area contributed by atoms with E-state index in [0.29, 0.717) is 11.5 Å². The van der Waals surface area contributed by atoms with Crippen molar-refractivity contribution < 1.29 is 52.7 Å². The summed E-state index contributed by atoms with van der Waals surface area (Å²) in [5.41, 5.74) is 5.89. The average molecular weight is 843 g/mol. The summed E-state index contributed by atoms with van der Waals surface area (Å²) in [7, 11) is 3.24. The van der Waals surface area contributed by atoms with Crippen LogP contribution in [0.15, 0.2) is 127 Å². The molecule has 1 saturated heterocycles. The van der Waals surface area contributed by atoms with Crippen LogP contribution in [0.4, 0.5) is 4.79 Å². The third kappa shape index (κ3) is 9.75. The lowest BCUT2D eigenvalue weighted by Gasteiger charge is -2.36. The summed E-state index contributed by atoms with van der Waals surface area (Å²) in [5.74, 6) is -1.10. The molecular formula is C49H50N2O11. The number of esters is 1. The van der Waals surface area contributed by atoms with E-state index in [1.165, 1.54) is 4.90 Å². The van der Waals surface area contributed by atoms with Gasteiger partial charge in [0.1, 0.15) is 35.9 Å². The molecule has 2 atom stereocenters. The number of nitrogens with zero attached hydrogens (tertiary/aromatic N) is 1. The van der Waals surface area contributed by atoms with Gasteiger partial charge in [-0.15, -0.1) is 0 Å². The van der Waals surface area contributed by atoms with E-state index in [0.717, 1.165) is 38.9 Å². The minimum atomic E-state index is -1.13. The van der Waals surface area contributed by atoms with E-state index in [9.17, 15) is 19.2 Å². The van der Waals surface area contributed by atoms with Crippen molar-refractivity contribution in [1.29, 1.82) is 0 Å². The maximum absolute atomic E-state index is 13.7. The molecule has 0 radical (unpaired) electrons. The second-order valence-corrected chi connectivity index (χ2v) is 15.0. The molecule has 1 aliphatic carbocycles. The molecule has 5 aromatic rings. The Morgan fingerprint density at radius 3 is 1.84 bits per heavy atom. The Labute approximate surface area is 360 Å². The number of rotatable bonds is 19. The van der Waals surface area contributed by atoms with Crippen molar-refractivity contribution in [3.8, 4) is 22.6 Å². The molecule has 5 aromatic carbocycles. The number of carbonyl (C=O) groups excluding carboxylic acids is 3. The van der Waals surface area contributed by atoms with Crippen molar-refractivity contribution in [3.05, 3.63) is 155 Å². The number of aliphatic carboxylic acids is 1. The maximum atomic E-state index is 13.7. The molecule has 0 bridgehead atoms. The van der Waals surface area contributed by atoms with Gasteiger partial charge >= 0.3 is 18.0 Å². The fraction of sp³-hybridized carbons (Fsp3) is 0.306. The first-order chi connectivity index (χ1) is 30.2. The second kappa shape index (κ2) is 20.2. The van der Waals surface area contributed by atoms with Gasteiger partial charge in [0, 0.05) is 18.9 Å². The highest BCUT2D eigenvalue weighted by molar-refractivity contribution is 5.87. The molecule has 13 nitrogen and oxygen atoms in total. The summed E-state index contributed by atoms with van der Waals surface area (Å²) in [6.45, 7) is 0.599. The quantitative estimate of drug-likeness (QED) is 0.0504. The molecular weight excluding hydrogens is 793 g/mol. The molecule has 62 heavy (non-hydrogen) atoms. The first-order valence-electron chi connectivity index (χ1n) is 20.6. The molecule has 0 spiro atoms. The molecule has 1 aliphatic heterocycles. The predicted molar refractivity (Wildman–Crippen MR) is 229 cm³/mol. The van der Waals surface area contributed by atoms with Gasteiger partial charge in [-0.3, -0.25) is 19.3 Å². The Hall–Kier alpha value is -6.70. The van der Waals surface area contributed by atoms with E-state index in [1.54, 1.807) is 14.2 Å². The smallest absolute Gasteiger partial charge is 0.410 e. The Morgan fingerprint density at radius 2 is 1.26 bits per heavy atom. The highest BCUT2D eigenvalue weighted by Gasteiger charge is 2.43. The second-order valence-electron chi connectivity index (χ2n) is 15.0. The van der Waals surface area contributed by atoms with E-state index < -0.39 is 48.1 Å². The van der Waals surface area contributed by atoms with Gasteiger partial charge in [0.15, 0.2) is 0 Å². The lowest BCUT2D eigenvalue weighted by molar-refractivity contribution is -0.151. The van der Waals surface area contributed by atoms with Crippen molar-refractivity contribution in [1.82, 2.24) is 10.2 Å². The van der Waals surface area contributed by atoms with Crippen LogP contribution in [0, 0.1) is 0 Å². The van der Waals surface area contributed by atoms with Gasteiger partial charge in [-0.05, 0) is 63.2 Å². The summed E-state index contributed by atoms with van der Waals surface area (Å²) in [4.78, 5) is 52.2. The number of fused-ring (bicyclic) bond motifs is 3. The molecule has 0 saturated carbocycles. The Kier molecular flexibility index (Phi) is 14.2. The van der Waals surface area contributed by atoms with E-state index in [1.807, 2.05) is 127 Å². The summed E-state index contributed by atoms with van der Waals surface area (Å²) in [5, 5.41) is 11.9. The van der Waals surface area contributed by atoms with Crippen LogP contribution >= 0.6 is 0 Å². The summed E-state index contributed by atoms with van der Waals surface area (Å²) >= 11 is 0. The fourth-order valence-corrected chi connectivity index (χ4v) is 8.26. The molecule has 13 heteroatoms. The first kappa shape index (κ1) is 43.4. The number of hydrogen-bond acceptors (Lipinski definition) is 10. The zero-order valence-electron chi connectivity index (χ0n) is 34.7. The van der Waals surface area contributed by atoms with Crippen LogP contribution in [0.1, 0.15) is 53.0 Å². The van der Waals surface area contributed by atoms with Crippen LogP contribution in [0.2, 0.25) is 0 Å². The van der Waals surface area contributed by atoms with Crippen LogP contribution in [0.25, 0.3) is 11.1 Å². The molecule has 0 aromatic heterocycles. The maximum Gasteiger partial charge on any atom is 0.410 e. The standard InChI is InChI=1S/C49H50N2O11/c1-57-36-20-16-34(17-21-36)49(33-10-4-3-5-11-33,35-18-22-37(58-2)23-19-35)61-29-28-59-27-26-50-47(55)44-30-38(62-46(54)25-24-45(52)53)31-51(44)48(56)60-32-43-41-14-8-6-12-39(41)40-13-7-9-15-42(40)43/h3-23,38,43-44H,24-32H2,1-2H3,(H,50,55)(H,52,53). The molecule has 322 valence electrons. The van der Waals surface area contributed by atoms with Gasteiger partial charge < -0.3 is 38.8 Å². The van der Waals surface area contributed by atoms with Gasteiger partial charge in [0.05, 0.1) is 53.4 Å². The SMILES string of the molecule is COc1ccc(C(OCCOCCNC(=O)C2CC(OC(=O)CCC(=O)O)CN2C(=O)OCC2c3ccccc3-c3ccccc32)(c2ccccc2)c2ccc(OC)cc2)cc1. The van der Waals surface area contributed by atoms with Crippen LogP contribution < -0.4 is 14.8 Å². The highest BCUT2D eigenvalue weighted by Crippen LogP contribution is 2.45. The number of nitrogens with one attached hydrogen (secondary N) is 1. The summed E-state index contributed by atoms with van der Waals surface area (Å²) < 4.78 is 35.1. The molecule has 2 unspecified atom stereocenters. The van der Waals surface area contributed by atoms with E-state index in [4.69, 9.17) is 33.5 Å². The Bertz CT molecular complexity index is 2220. The Morgan fingerprint density at radius 1 is 0.694 bits per heavy atom. The zero-order valence-corrected chi connectivity index (χ0v) is 34.7. The summed E-state index contributed by atoms with van der Waals surface area (Å²) in [6, 6.07) is 40.3. The van der Waals surface area contributed by atoms with Gasteiger partial charge in [0.25, 0.3) is 0 Å². The first-order valence-corrected chi connectivity index (χ1v) is 20.6. The monoisotopic (exact) mass is 842 g/mol. The number of carboxylic acids is 1. The van der Waals surface area contributed by atoms with Gasteiger partial charge in [-0.2, -0.15) is 0 Å². The minimum absolute atomic E-state index is 0.0157.